The van der Waals surface area contributed by atoms with Crippen LogP contribution in [0.1, 0.15) is 72.1 Å². The van der Waals surface area contributed by atoms with Gasteiger partial charge in [0.1, 0.15) is 0 Å². The van der Waals surface area contributed by atoms with E-state index in [1.807, 2.05) is 0 Å². The van der Waals surface area contributed by atoms with Crippen LogP contribution >= 0.6 is 0 Å². The third kappa shape index (κ3) is 4.59. The maximum Gasteiger partial charge on any atom is 0.0912 e. The van der Waals surface area contributed by atoms with E-state index in [2.05, 4.69) is 20.8 Å². The third-order valence-corrected chi connectivity index (χ3v) is 4.30. The molecule has 1 heterocycles. The molecule has 1 saturated heterocycles. The molecule has 3 atom stereocenters. The fourth-order valence-corrected chi connectivity index (χ4v) is 2.76. The highest BCUT2D eigenvalue weighted by atomic mass is 16.5. The average Bonchev–Trinajstić information content (AvgIpc) is 2.35. The highest BCUT2D eigenvalue weighted by Crippen LogP contribution is 2.32. The van der Waals surface area contributed by atoms with Gasteiger partial charge in [-0.2, -0.15) is 0 Å². The molecule has 17 heavy (non-hydrogen) atoms. The van der Waals surface area contributed by atoms with Crippen LogP contribution in [0.15, 0.2) is 0 Å². The zero-order chi connectivity index (χ0) is 12.7. The molecule has 1 aliphatic rings. The predicted molar refractivity (Wildman–Crippen MR) is 72.1 cm³/mol. The molecule has 1 rings (SSSR count). The van der Waals surface area contributed by atoms with Crippen molar-refractivity contribution in [2.45, 2.75) is 83.8 Å². The summed E-state index contributed by atoms with van der Waals surface area (Å²) < 4.78 is 5.83. The number of unbranched alkanes of at least 4 members (excludes halogenated alkanes) is 1. The Morgan fingerprint density at radius 1 is 1.29 bits per heavy atom. The van der Waals surface area contributed by atoms with E-state index in [0.717, 1.165) is 25.9 Å². The molecular formula is C15H30O2. The molecule has 1 fully saturated rings. The molecule has 0 saturated carbocycles. The third-order valence-electron chi connectivity index (χ3n) is 4.30. The Labute approximate surface area is 107 Å². The summed E-state index contributed by atoms with van der Waals surface area (Å²) in [6.07, 6.45) is 8.93. The SMILES string of the molecule is CCCCC(CC)CC(O)C1(C)CCCCO1. The van der Waals surface area contributed by atoms with Gasteiger partial charge in [0.15, 0.2) is 0 Å². The standard InChI is InChI=1S/C15H30O2/c1-4-6-9-13(5-2)12-14(16)15(3)10-7-8-11-17-15/h13-14,16H,4-12H2,1-3H3. The molecule has 0 amide bonds. The van der Waals surface area contributed by atoms with Crippen LogP contribution in [-0.2, 0) is 4.74 Å². The average molecular weight is 242 g/mol. The van der Waals surface area contributed by atoms with E-state index in [4.69, 9.17) is 4.74 Å². The van der Waals surface area contributed by atoms with E-state index in [1.54, 1.807) is 0 Å². The quantitative estimate of drug-likeness (QED) is 0.733. The molecule has 102 valence electrons. The van der Waals surface area contributed by atoms with E-state index < -0.39 is 0 Å². The Morgan fingerprint density at radius 2 is 2.06 bits per heavy atom. The van der Waals surface area contributed by atoms with Crippen LogP contribution in [0.3, 0.4) is 0 Å². The van der Waals surface area contributed by atoms with Crippen molar-refractivity contribution >= 4 is 0 Å². The van der Waals surface area contributed by atoms with Gasteiger partial charge in [-0.05, 0) is 38.5 Å². The van der Waals surface area contributed by atoms with Crippen LogP contribution in [0.5, 0.6) is 0 Å². The second-order valence-electron chi connectivity index (χ2n) is 5.79. The summed E-state index contributed by atoms with van der Waals surface area (Å²) in [5.74, 6) is 0.660. The van der Waals surface area contributed by atoms with Gasteiger partial charge >= 0.3 is 0 Å². The second kappa shape index (κ2) is 7.38. The molecule has 1 N–H and O–H groups in total. The van der Waals surface area contributed by atoms with Gasteiger partial charge in [0.05, 0.1) is 11.7 Å². The number of hydrogen-bond donors (Lipinski definition) is 1. The van der Waals surface area contributed by atoms with Crippen molar-refractivity contribution in [2.75, 3.05) is 6.61 Å². The molecular weight excluding hydrogens is 212 g/mol. The second-order valence-corrected chi connectivity index (χ2v) is 5.79. The number of hydrogen-bond acceptors (Lipinski definition) is 2. The van der Waals surface area contributed by atoms with Gasteiger partial charge < -0.3 is 9.84 Å². The topological polar surface area (TPSA) is 29.5 Å². The van der Waals surface area contributed by atoms with Crippen molar-refractivity contribution in [1.82, 2.24) is 0 Å². The normalized spacial score (nSPS) is 28.9. The van der Waals surface area contributed by atoms with Crippen molar-refractivity contribution in [3.8, 4) is 0 Å². The fourth-order valence-electron chi connectivity index (χ4n) is 2.76. The van der Waals surface area contributed by atoms with Gasteiger partial charge in [-0.3, -0.25) is 0 Å². The van der Waals surface area contributed by atoms with Crippen molar-refractivity contribution in [3.63, 3.8) is 0 Å². The smallest absolute Gasteiger partial charge is 0.0912 e. The molecule has 2 heteroatoms. The molecule has 2 nitrogen and oxygen atoms in total. The highest BCUT2D eigenvalue weighted by Gasteiger charge is 2.36. The van der Waals surface area contributed by atoms with Crippen LogP contribution in [0.25, 0.3) is 0 Å². The summed E-state index contributed by atoms with van der Waals surface area (Å²) in [4.78, 5) is 0. The molecule has 0 aromatic rings. The lowest BCUT2D eigenvalue weighted by atomic mass is 9.83. The highest BCUT2D eigenvalue weighted by molar-refractivity contribution is 4.87. The Hall–Kier alpha value is -0.0800. The molecule has 0 bridgehead atoms. The fraction of sp³-hybridized carbons (Fsp3) is 1.00. The zero-order valence-electron chi connectivity index (χ0n) is 11.9. The van der Waals surface area contributed by atoms with Crippen molar-refractivity contribution in [2.24, 2.45) is 5.92 Å². The Bertz CT molecular complexity index is 197. The summed E-state index contributed by atoms with van der Waals surface area (Å²) >= 11 is 0. The molecule has 0 aliphatic carbocycles. The molecule has 0 aromatic heterocycles. The minimum absolute atomic E-state index is 0.280. The maximum atomic E-state index is 10.4. The van der Waals surface area contributed by atoms with Crippen LogP contribution in [0.2, 0.25) is 0 Å². The molecule has 0 spiro atoms. The van der Waals surface area contributed by atoms with E-state index in [-0.39, 0.29) is 11.7 Å². The Morgan fingerprint density at radius 3 is 2.59 bits per heavy atom. The van der Waals surface area contributed by atoms with Gasteiger partial charge in [-0.15, -0.1) is 0 Å². The Balaban J connectivity index is 2.41. The van der Waals surface area contributed by atoms with E-state index in [1.165, 1.54) is 32.1 Å². The van der Waals surface area contributed by atoms with Crippen molar-refractivity contribution in [3.05, 3.63) is 0 Å². The minimum atomic E-state index is -0.287. The molecule has 0 radical (unpaired) electrons. The van der Waals surface area contributed by atoms with Gasteiger partial charge in [0.25, 0.3) is 0 Å². The lowest BCUT2D eigenvalue weighted by Gasteiger charge is -2.39. The van der Waals surface area contributed by atoms with Crippen LogP contribution in [-0.4, -0.2) is 23.4 Å². The maximum absolute atomic E-state index is 10.4. The molecule has 1 aliphatic heterocycles. The monoisotopic (exact) mass is 242 g/mol. The predicted octanol–water partition coefficient (Wildman–Crippen LogP) is 3.91. The first kappa shape index (κ1) is 15.0. The van der Waals surface area contributed by atoms with E-state index in [9.17, 15) is 5.11 Å². The molecule has 0 aromatic carbocycles. The van der Waals surface area contributed by atoms with Crippen LogP contribution in [0.4, 0.5) is 0 Å². The van der Waals surface area contributed by atoms with Gasteiger partial charge in [0, 0.05) is 6.61 Å². The van der Waals surface area contributed by atoms with E-state index in [0.29, 0.717) is 5.92 Å². The minimum Gasteiger partial charge on any atom is -0.390 e. The first-order valence-corrected chi connectivity index (χ1v) is 7.44. The van der Waals surface area contributed by atoms with Gasteiger partial charge in [0.2, 0.25) is 0 Å². The zero-order valence-corrected chi connectivity index (χ0v) is 11.9. The number of rotatable bonds is 7. The lowest BCUT2D eigenvalue weighted by Crippen LogP contribution is -2.45. The number of aliphatic hydroxyl groups excluding tert-OH is 1. The van der Waals surface area contributed by atoms with Crippen LogP contribution in [0, 0.1) is 5.92 Å². The summed E-state index contributed by atoms with van der Waals surface area (Å²) in [5, 5.41) is 10.4. The summed E-state index contributed by atoms with van der Waals surface area (Å²) in [6.45, 7) is 7.37. The Kier molecular flexibility index (Phi) is 6.50. The van der Waals surface area contributed by atoms with Gasteiger partial charge in [-0.25, -0.2) is 0 Å². The number of ether oxygens (including phenoxy) is 1. The summed E-state index contributed by atoms with van der Waals surface area (Å²) in [7, 11) is 0. The number of aliphatic hydroxyl groups is 1. The first-order valence-electron chi connectivity index (χ1n) is 7.44. The van der Waals surface area contributed by atoms with Crippen LogP contribution < -0.4 is 0 Å². The summed E-state index contributed by atoms with van der Waals surface area (Å²) in [5.41, 5.74) is -0.280. The van der Waals surface area contributed by atoms with Crippen molar-refractivity contribution < 1.29 is 9.84 Å². The first-order chi connectivity index (χ1) is 8.12. The lowest BCUT2D eigenvalue weighted by molar-refractivity contribution is -0.141. The molecule has 3 unspecified atom stereocenters. The van der Waals surface area contributed by atoms with Gasteiger partial charge in [-0.1, -0.05) is 39.5 Å². The summed E-state index contributed by atoms with van der Waals surface area (Å²) in [6, 6.07) is 0. The van der Waals surface area contributed by atoms with E-state index >= 15 is 0 Å². The largest absolute Gasteiger partial charge is 0.390 e. The van der Waals surface area contributed by atoms with Crippen molar-refractivity contribution in [1.29, 1.82) is 0 Å².